The summed E-state index contributed by atoms with van der Waals surface area (Å²) in [5.41, 5.74) is 5.54. The van der Waals surface area contributed by atoms with Gasteiger partial charge in [-0.1, -0.05) is 11.3 Å². The highest BCUT2D eigenvalue weighted by molar-refractivity contribution is 7.15. The van der Waals surface area contributed by atoms with Gasteiger partial charge in [-0.25, -0.2) is 0 Å². The monoisotopic (exact) mass is 181 g/mol. The van der Waals surface area contributed by atoms with Crippen molar-refractivity contribution in [3.63, 3.8) is 0 Å². The van der Waals surface area contributed by atoms with Crippen molar-refractivity contribution in [2.24, 2.45) is 11.8 Å². The molecule has 0 amide bonds. The van der Waals surface area contributed by atoms with E-state index in [1.807, 2.05) is 0 Å². The largest absolute Gasteiger partial charge is 0.374 e. The summed E-state index contributed by atoms with van der Waals surface area (Å²) in [6, 6.07) is 0. The molecule has 64 valence electrons. The summed E-state index contributed by atoms with van der Waals surface area (Å²) in [7, 11) is 0. The van der Waals surface area contributed by atoms with Crippen LogP contribution >= 0.6 is 11.3 Å². The summed E-state index contributed by atoms with van der Waals surface area (Å²) in [5.74, 6) is 2.71. The normalized spacial score (nSPS) is 38.2. The Hall–Kier alpha value is -0.640. The molecular formula is C8H11N3S. The molecule has 0 radical (unpaired) electrons. The van der Waals surface area contributed by atoms with Gasteiger partial charge in [-0.15, -0.1) is 10.2 Å². The fraction of sp³-hybridized carbons (Fsp3) is 0.750. The van der Waals surface area contributed by atoms with Crippen molar-refractivity contribution in [1.82, 2.24) is 10.2 Å². The first-order valence-corrected chi connectivity index (χ1v) is 5.23. The zero-order valence-electron chi connectivity index (χ0n) is 6.73. The van der Waals surface area contributed by atoms with Crippen molar-refractivity contribution in [3.05, 3.63) is 5.01 Å². The minimum atomic E-state index is 0.616. The van der Waals surface area contributed by atoms with E-state index in [1.54, 1.807) is 11.3 Å². The Bertz CT molecular complexity index is 299. The van der Waals surface area contributed by atoms with Crippen LogP contribution in [0.25, 0.3) is 0 Å². The number of hydrogen-bond acceptors (Lipinski definition) is 4. The SMILES string of the molecule is Nc1nnc(C2CC3CC3C2)s1. The van der Waals surface area contributed by atoms with Gasteiger partial charge in [0.1, 0.15) is 5.01 Å². The van der Waals surface area contributed by atoms with Crippen LogP contribution in [0.2, 0.25) is 0 Å². The molecule has 2 N–H and O–H groups in total. The van der Waals surface area contributed by atoms with Gasteiger partial charge in [0.05, 0.1) is 0 Å². The number of hydrogen-bond donors (Lipinski definition) is 1. The predicted molar refractivity (Wildman–Crippen MR) is 47.9 cm³/mol. The molecule has 0 aliphatic heterocycles. The minimum Gasteiger partial charge on any atom is -0.374 e. The van der Waals surface area contributed by atoms with Crippen molar-refractivity contribution >= 4 is 16.5 Å². The molecule has 0 spiro atoms. The van der Waals surface area contributed by atoms with Crippen molar-refractivity contribution in [1.29, 1.82) is 0 Å². The van der Waals surface area contributed by atoms with Gasteiger partial charge in [-0.3, -0.25) is 0 Å². The van der Waals surface area contributed by atoms with Gasteiger partial charge in [-0.2, -0.15) is 0 Å². The fourth-order valence-electron chi connectivity index (χ4n) is 2.33. The van der Waals surface area contributed by atoms with E-state index < -0.39 is 0 Å². The quantitative estimate of drug-likeness (QED) is 0.716. The molecule has 3 nitrogen and oxygen atoms in total. The summed E-state index contributed by atoms with van der Waals surface area (Å²) in [4.78, 5) is 0. The van der Waals surface area contributed by atoms with Crippen molar-refractivity contribution < 1.29 is 0 Å². The Morgan fingerprint density at radius 2 is 1.92 bits per heavy atom. The lowest BCUT2D eigenvalue weighted by Gasteiger charge is -2.04. The second-order valence-corrected chi connectivity index (χ2v) is 4.94. The van der Waals surface area contributed by atoms with Crippen molar-refractivity contribution in [3.8, 4) is 0 Å². The lowest BCUT2D eigenvalue weighted by molar-refractivity contribution is 0.615. The topological polar surface area (TPSA) is 51.8 Å². The number of nitrogens with zero attached hydrogens (tertiary/aromatic N) is 2. The third-order valence-electron chi connectivity index (χ3n) is 3.05. The van der Waals surface area contributed by atoms with E-state index in [0.29, 0.717) is 11.0 Å². The number of fused-ring (bicyclic) bond motifs is 1. The van der Waals surface area contributed by atoms with Crippen LogP contribution in [0.3, 0.4) is 0 Å². The molecule has 3 rings (SSSR count). The first-order valence-electron chi connectivity index (χ1n) is 4.42. The third kappa shape index (κ3) is 0.941. The lowest BCUT2D eigenvalue weighted by atomic mass is 10.1. The van der Waals surface area contributed by atoms with Crippen LogP contribution in [0.4, 0.5) is 5.13 Å². The van der Waals surface area contributed by atoms with Crippen LogP contribution in [-0.4, -0.2) is 10.2 Å². The highest BCUT2D eigenvalue weighted by Gasteiger charge is 2.47. The van der Waals surface area contributed by atoms with Gasteiger partial charge in [0.15, 0.2) is 0 Å². The second kappa shape index (κ2) is 2.19. The maximum Gasteiger partial charge on any atom is 0.203 e. The molecular weight excluding hydrogens is 170 g/mol. The second-order valence-electron chi connectivity index (χ2n) is 3.90. The Morgan fingerprint density at radius 1 is 1.17 bits per heavy atom. The lowest BCUT2D eigenvalue weighted by Crippen LogP contribution is -1.94. The van der Waals surface area contributed by atoms with Gasteiger partial charge < -0.3 is 5.73 Å². The predicted octanol–water partition coefficient (Wildman–Crippen LogP) is 1.63. The molecule has 2 unspecified atom stereocenters. The summed E-state index contributed by atoms with van der Waals surface area (Å²) < 4.78 is 0. The number of aromatic nitrogens is 2. The molecule has 1 heterocycles. The zero-order valence-corrected chi connectivity index (χ0v) is 7.55. The van der Waals surface area contributed by atoms with Crippen molar-refractivity contribution in [2.45, 2.75) is 25.2 Å². The van der Waals surface area contributed by atoms with Crippen LogP contribution in [-0.2, 0) is 0 Å². The van der Waals surface area contributed by atoms with Gasteiger partial charge in [0.25, 0.3) is 0 Å². The smallest absolute Gasteiger partial charge is 0.203 e. The molecule has 2 fully saturated rings. The summed E-state index contributed by atoms with van der Waals surface area (Å²) in [6.07, 6.45) is 4.13. The Kier molecular flexibility index (Phi) is 1.25. The summed E-state index contributed by atoms with van der Waals surface area (Å²) >= 11 is 1.56. The van der Waals surface area contributed by atoms with Crippen LogP contribution < -0.4 is 5.73 Å². The Labute approximate surface area is 75.0 Å². The maximum atomic E-state index is 5.54. The van der Waals surface area contributed by atoms with E-state index in [4.69, 9.17) is 5.73 Å². The van der Waals surface area contributed by atoms with E-state index in [-0.39, 0.29) is 0 Å². The fourth-order valence-corrected chi connectivity index (χ4v) is 3.06. The molecule has 0 bridgehead atoms. The molecule has 2 saturated carbocycles. The van der Waals surface area contributed by atoms with E-state index in [1.165, 1.54) is 24.3 Å². The van der Waals surface area contributed by atoms with E-state index in [0.717, 1.165) is 11.8 Å². The van der Waals surface area contributed by atoms with E-state index in [2.05, 4.69) is 10.2 Å². The molecule has 1 aromatic heterocycles. The molecule has 2 aliphatic carbocycles. The summed E-state index contributed by atoms with van der Waals surface area (Å²) in [5, 5.41) is 9.73. The summed E-state index contributed by atoms with van der Waals surface area (Å²) in [6.45, 7) is 0. The minimum absolute atomic E-state index is 0.616. The van der Waals surface area contributed by atoms with Crippen molar-refractivity contribution in [2.75, 3.05) is 5.73 Å². The Balaban J connectivity index is 1.81. The van der Waals surface area contributed by atoms with E-state index in [9.17, 15) is 0 Å². The van der Waals surface area contributed by atoms with Gasteiger partial charge in [0.2, 0.25) is 5.13 Å². The molecule has 1 aromatic rings. The average Bonchev–Trinajstić information content (AvgIpc) is 2.49. The first-order chi connectivity index (χ1) is 5.83. The maximum absolute atomic E-state index is 5.54. The van der Waals surface area contributed by atoms with Gasteiger partial charge >= 0.3 is 0 Å². The number of nitrogen functional groups attached to an aromatic ring is 1. The van der Waals surface area contributed by atoms with Crippen LogP contribution in [0.1, 0.15) is 30.2 Å². The van der Waals surface area contributed by atoms with Crippen LogP contribution in [0.15, 0.2) is 0 Å². The number of anilines is 1. The Morgan fingerprint density at radius 3 is 2.50 bits per heavy atom. The third-order valence-corrected chi connectivity index (χ3v) is 3.96. The zero-order chi connectivity index (χ0) is 8.13. The molecule has 2 atom stereocenters. The highest BCUT2D eigenvalue weighted by Crippen LogP contribution is 2.57. The number of nitrogens with two attached hydrogens (primary N) is 1. The molecule has 4 heteroatoms. The molecule has 0 saturated heterocycles. The molecule has 0 aromatic carbocycles. The van der Waals surface area contributed by atoms with Crippen LogP contribution in [0, 0.1) is 11.8 Å². The van der Waals surface area contributed by atoms with Gasteiger partial charge in [0, 0.05) is 5.92 Å². The molecule has 12 heavy (non-hydrogen) atoms. The number of rotatable bonds is 1. The van der Waals surface area contributed by atoms with E-state index >= 15 is 0 Å². The van der Waals surface area contributed by atoms with Crippen LogP contribution in [0.5, 0.6) is 0 Å². The van der Waals surface area contributed by atoms with Gasteiger partial charge in [-0.05, 0) is 31.1 Å². The standard InChI is InChI=1S/C8H11N3S/c9-8-11-10-7(12-8)6-2-4-1-5(4)3-6/h4-6H,1-3H2,(H2,9,11). The first kappa shape index (κ1) is 6.83. The average molecular weight is 181 g/mol. The highest BCUT2D eigenvalue weighted by atomic mass is 32.1. The molecule has 2 aliphatic rings.